The number of hydrogen-bond acceptors (Lipinski definition) is 5. The van der Waals surface area contributed by atoms with Crippen LogP contribution in [0.3, 0.4) is 0 Å². The summed E-state index contributed by atoms with van der Waals surface area (Å²) in [6, 6.07) is 6.76. The SMILES string of the molecule is CN1CCC(Nc2ccc([N+](=O)[O-])c(C#N)c2)C1. The monoisotopic (exact) mass is 246 g/mol. The smallest absolute Gasteiger partial charge is 0.287 e. The van der Waals surface area contributed by atoms with Gasteiger partial charge in [0.1, 0.15) is 11.6 Å². The molecule has 1 saturated heterocycles. The Morgan fingerprint density at radius 1 is 1.61 bits per heavy atom. The predicted molar refractivity (Wildman–Crippen MR) is 67.3 cm³/mol. The van der Waals surface area contributed by atoms with Gasteiger partial charge in [0.2, 0.25) is 0 Å². The third kappa shape index (κ3) is 2.57. The van der Waals surface area contributed by atoms with Crippen molar-refractivity contribution in [1.82, 2.24) is 4.90 Å². The standard InChI is InChI=1S/C12H14N4O2/c1-15-5-4-11(8-15)14-10-2-3-12(16(17)18)9(6-10)7-13/h2-3,6,11,14H,4-5,8H2,1H3. The molecule has 6 heteroatoms. The predicted octanol–water partition coefficient (Wildman–Crippen LogP) is 1.58. The van der Waals surface area contributed by atoms with E-state index in [9.17, 15) is 10.1 Å². The molecule has 1 aromatic rings. The quantitative estimate of drug-likeness (QED) is 0.646. The molecule has 1 fully saturated rings. The second-order valence-electron chi connectivity index (χ2n) is 4.49. The van der Waals surface area contributed by atoms with Gasteiger partial charge in [0.15, 0.2) is 0 Å². The van der Waals surface area contributed by atoms with Crippen molar-refractivity contribution in [3.63, 3.8) is 0 Å². The summed E-state index contributed by atoms with van der Waals surface area (Å²) in [6.07, 6.45) is 1.04. The number of likely N-dealkylation sites (N-methyl/N-ethyl adjacent to an activating group) is 1. The van der Waals surface area contributed by atoms with E-state index in [1.807, 2.05) is 6.07 Å². The van der Waals surface area contributed by atoms with Crippen LogP contribution < -0.4 is 5.32 Å². The Labute approximate surface area is 105 Å². The first-order valence-corrected chi connectivity index (χ1v) is 5.74. The maximum atomic E-state index is 10.7. The molecular formula is C12H14N4O2. The van der Waals surface area contributed by atoms with Crippen LogP contribution >= 0.6 is 0 Å². The molecule has 0 radical (unpaired) electrons. The Morgan fingerprint density at radius 2 is 2.39 bits per heavy atom. The van der Waals surface area contributed by atoms with Crippen LogP contribution in [0.15, 0.2) is 18.2 Å². The number of nitriles is 1. The van der Waals surface area contributed by atoms with Gasteiger partial charge in [-0.2, -0.15) is 5.26 Å². The van der Waals surface area contributed by atoms with E-state index < -0.39 is 4.92 Å². The summed E-state index contributed by atoms with van der Waals surface area (Å²) in [4.78, 5) is 12.4. The molecule has 0 amide bonds. The molecule has 1 atom stereocenters. The third-order valence-electron chi connectivity index (χ3n) is 3.08. The molecule has 0 bridgehead atoms. The Hall–Kier alpha value is -2.13. The van der Waals surface area contributed by atoms with E-state index >= 15 is 0 Å². The first-order valence-electron chi connectivity index (χ1n) is 5.74. The van der Waals surface area contributed by atoms with E-state index in [2.05, 4.69) is 17.3 Å². The molecule has 6 nitrogen and oxygen atoms in total. The largest absolute Gasteiger partial charge is 0.381 e. The number of nitrogens with one attached hydrogen (secondary N) is 1. The van der Waals surface area contributed by atoms with Crippen molar-refractivity contribution in [3.8, 4) is 6.07 Å². The summed E-state index contributed by atoms with van der Waals surface area (Å²) in [5.41, 5.74) is 0.709. The van der Waals surface area contributed by atoms with Gasteiger partial charge in [-0.3, -0.25) is 10.1 Å². The van der Waals surface area contributed by atoms with E-state index in [-0.39, 0.29) is 11.3 Å². The van der Waals surface area contributed by atoms with Crippen LogP contribution in [-0.4, -0.2) is 36.0 Å². The number of rotatable bonds is 3. The zero-order chi connectivity index (χ0) is 13.1. The van der Waals surface area contributed by atoms with Crippen molar-refractivity contribution in [2.75, 3.05) is 25.5 Å². The van der Waals surface area contributed by atoms with E-state index in [1.54, 1.807) is 6.07 Å². The summed E-state index contributed by atoms with van der Waals surface area (Å²) < 4.78 is 0. The van der Waals surface area contributed by atoms with Crippen molar-refractivity contribution in [3.05, 3.63) is 33.9 Å². The molecule has 2 rings (SSSR count). The number of anilines is 1. The molecule has 1 aromatic carbocycles. The zero-order valence-corrected chi connectivity index (χ0v) is 10.1. The molecule has 1 aliphatic heterocycles. The van der Waals surface area contributed by atoms with Crippen LogP contribution in [-0.2, 0) is 0 Å². The molecular weight excluding hydrogens is 232 g/mol. The van der Waals surface area contributed by atoms with Gasteiger partial charge in [0.25, 0.3) is 5.69 Å². The summed E-state index contributed by atoms with van der Waals surface area (Å²) in [7, 11) is 2.05. The van der Waals surface area contributed by atoms with Gasteiger partial charge in [-0.25, -0.2) is 0 Å². The van der Waals surface area contributed by atoms with Crippen molar-refractivity contribution in [1.29, 1.82) is 5.26 Å². The molecule has 1 N–H and O–H groups in total. The highest BCUT2D eigenvalue weighted by Gasteiger charge is 2.20. The Morgan fingerprint density at radius 3 is 2.94 bits per heavy atom. The van der Waals surface area contributed by atoms with Crippen LogP contribution in [0.1, 0.15) is 12.0 Å². The summed E-state index contributed by atoms with van der Waals surface area (Å²) in [5.74, 6) is 0. The van der Waals surface area contributed by atoms with Gasteiger partial charge in [0, 0.05) is 24.3 Å². The van der Waals surface area contributed by atoms with E-state index in [1.165, 1.54) is 12.1 Å². The molecule has 1 aliphatic rings. The minimum Gasteiger partial charge on any atom is -0.381 e. The van der Waals surface area contributed by atoms with Gasteiger partial charge in [-0.05, 0) is 32.1 Å². The van der Waals surface area contributed by atoms with Gasteiger partial charge in [0.05, 0.1) is 4.92 Å². The fraction of sp³-hybridized carbons (Fsp3) is 0.417. The Balaban J connectivity index is 2.15. The second-order valence-corrected chi connectivity index (χ2v) is 4.49. The van der Waals surface area contributed by atoms with Crippen molar-refractivity contribution >= 4 is 11.4 Å². The summed E-state index contributed by atoms with van der Waals surface area (Å²) >= 11 is 0. The maximum absolute atomic E-state index is 10.7. The number of hydrogen-bond donors (Lipinski definition) is 1. The first kappa shape index (κ1) is 12.3. The van der Waals surface area contributed by atoms with E-state index in [4.69, 9.17) is 5.26 Å². The van der Waals surface area contributed by atoms with Crippen LogP contribution in [0.4, 0.5) is 11.4 Å². The fourth-order valence-corrected chi connectivity index (χ4v) is 2.16. The molecule has 1 heterocycles. The molecule has 0 aromatic heterocycles. The van der Waals surface area contributed by atoms with Gasteiger partial charge >= 0.3 is 0 Å². The average Bonchev–Trinajstić information content (AvgIpc) is 2.74. The minimum atomic E-state index is -0.536. The molecule has 18 heavy (non-hydrogen) atoms. The van der Waals surface area contributed by atoms with Crippen molar-refractivity contribution in [2.45, 2.75) is 12.5 Å². The van der Waals surface area contributed by atoms with Crippen LogP contribution in [0, 0.1) is 21.4 Å². The van der Waals surface area contributed by atoms with E-state index in [0.29, 0.717) is 6.04 Å². The average molecular weight is 246 g/mol. The fourth-order valence-electron chi connectivity index (χ4n) is 2.16. The molecule has 94 valence electrons. The lowest BCUT2D eigenvalue weighted by molar-refractivity contribution is -0.385. The van der Waals surface area contributed by atoms with Crippen molar-refractivity contribution < 1.29 is 4.92 Å². The number of nitrogens with zero attached hydrogens (tertiary/aromatic N) is 3. The summed E-state index contributed by atoms with van der Waals surface area (Å²) in [5, 5.41) is 22.9. The lowest BCUT2D eigenvalue weighted by Gasteiger charge is -2.14. The normalized spacial score (nSPS) is 19.4. The number of nitro benzene ring substituents is 1. The summed E-state index contributed by atoms with van der Waals surface area (Å²) in [6.45, 7) is 1.98. The topological polar surface area (TPSA) is 82.2 Å². The second kappa shape index (κ2) is 5.02. The number of likely N-dealkylation sites (tertiary alicyclic amines) is 1. The molecule has 1 unspecified atom stereocenters. The molecule has 0 aliphatic carbocycles. The maximum Gasteiger partial charge on any atom is 0.287 e. The highest BCUT2D eigenvalue weighted by Crippen LogP contribution is 2.23. The lowest BCUT2D eigenvalue weighted by atomic mass is 10.1. The lowest BCUT2D eigenvalue weighted by Crippen LogP contribution is -2.23. The van der Waals surface area contributed by atoms with E-state index in [0.717, 1.165) is 25.2 Å². The molecule has 0 saturated carbocycles. The Bertz CT molecular complexity index is 509. The van der Waals surface area contributed by atoms with Gasteiger partial charge < -0.3 is 10.2 Å². The van der Waals surface area contributed by atoms with Crippen molar-refractivity contribution in [2.24, 2.45) is 0 Å². The highest BCUT2D eigenvalue weighted by atomic mass is 16.6. The molecule has 0 spiro atoms. The number of benzene rings is 1. The van der Waals surface area contributed by atoms with Crippen LogP contribution in [0.2, 0.25) is 0 Å². The highest BCUT2D eigenvalue weighted by molar-refractivity contribution is 5.59. The first-order chi connectivity index (χ1) is 8.60. The Kier molecular flexibility index (Phi) is 3.44. The van der Waals surface area contributed by atoms with Crippen LogP contribution in [0.5, 0.6) is 0 Å². The number of nitro groups is 1. The van der Waals surface area contributed by atoms with Gasteiger partial charge in [-0.15, -0.1) is 0 Å². The third-order valence-corrected chi connectivity index (χ3v) is 3.08. The zero-order valence-electron chi connectivity index (χ0n) is 10.1. The minimum absolute atomic E-state index is 0.0938. The van der Waals surface area contributed by atoms with Gasteiger partial charge in [-0.1, -0.05) is 0 Å². The van der Waals surface area contributed by atoms with Crippen LogP contribution in [0.25, 0.3) is 0 Å².